The predicted molar refractivity (Wildman–Crippen MR) is 162 cm³/mol. The van der Waals surface area contributed by atoms with Gasteiger partial charge in [0.1, 0.15) is 33.1 Å². The van der Waals surface area contributed by atoms with Crippen LogP contribution >= 0.6 is 11.3 Å². The molecule has 0 saturated heterocycles. The lowest BCUT2D eigenvalue weighted by Gasteiger charge is -2.12. The molecule has 0 spiro atoms. The van der Waals surface area contributed by atoms with Crippen molar-refractivity contribution in [2.45, 2.75) is 13.8 Å². The maximum Gasteiger partial charge on any atom is 0.157 e. The van der Waals surface area contributed by atoms with Crippen molar-refractivity contribution in [2.75, 3.05) is 0 Å². The van der Waals surface area contributed by atoms with Gasteiger partial charge in [-0.3, -0.25) is 24.5 Å². The van der Waals surface area contributed by atoms with Gasteiger partial charge in [0.2, 0.25) is 0 Å². The van der Waals surface area contributed by atoms with Crippen molar-refractivity contribution >= 4 is 86.4 Å². The van der Waals surface area contributed by atoms with Gasteiger partial charge in [-0.1, -0.05) is 36.4 Å². The molecule has 9 aromatic rings. The first kappa shape index (κ1) is 21.8. The van der Waals surface area contributed by atoms with Gasteiger partial charge in [0.05, 0.1) is 17.2 Å². The van der Waals surface area contributed by atoms with Crippen LogP contribution in [-0.2, 0) is 0 Å². The van der Waals surface area contributed by atoms with Crippen LogP contribution in [0.4, 0.5) is 0 Å². The topological polar surface area (TPSA) is 82.3 Å². The zero-order chi connectivity index (χ0) is 26.5. The first-order valence-electron chi connectivity index (χ1n) is 13.0. The second-order valence-corrected chi connectivity index (χ2v) is 11.2. The van der Waals surface area contributed by atoms with E-state index in [1.807, 2.05) is 17.5 Å². The van der Waals surface area contributed by atoms with Gasteiger partial charge in [-0.15, -0.1) is 11.3 Å². The second-order valence-electron chi connectivity index (χ2n) is 10.1. The van der Waals surface area contributed by atoms with E-state index in [0.29, 0.717) is 33.1 Å². The SMILES string of the molecule is Cc1cccc2c3cc4sc5ccccc5c4c(C)c3n(-c3cnc4c5nccnc5c5nccnc5c4n3)c12. The third-order valence-electron chi connectivity index (χ3n) is 7.92. The minimum atomic E-state index is 0.664. The largest absolute Gasteiger partial charge is 0.292 e. The molecule has 0 bridgehead atoms. The lowest BCUT2D eigenvalue weighted by molar-refractivity contribution is 1.07. The van der Waals surface area contributed by atoms with Crippen molar-refractivity contribution in [3.8, 4) is 5.82 Å². The summed E-state index contributed by atoms with van der Waals surface area (Å²) < 4.78 is 4.86. The zero-order valence-electron chi connectivity index (χ0n) is 21.5. The molecule has 0 unspecified atom stereocenters. The van der Waals surface area contributed by atoms with Gasteiger partial charge in [0.25, 0.3) is 0 Å². The maximum atomic E-state index is 5.24. The molecule has 0 fully saturated rings. The molecule has 8 heteroatoms. The summed E-state index contributed by atoms with van der Waals surface area (Å²) in [5, 5.41) is 4.99. The molecule has 0 aliphatic rings. The summed E-state index contributed by atoms with van der Waals surface area (Å²) >= 11 is 1.85. The molecule has 188 valence electrons. The Labute approximate surface area is 230 Å². The van der Waals surface area contributed by atoms with Crippen molar-refractivity contribution in [1.29, 1.82) is 0 Å². The fourth-order valence-electron chi connectivity index (χ4n) is 6.28. The molecule has 0 aliphatic carbocycles. The van der Waals surface area contributed by atoms with E-state index in [4.69, 9.17) is 9.97 Å². The fourth-order valence-corrected chi connectivity index (χ4v) is 7.48. The molecule has 0 amide bonds. The number of rotatable bonds is 1. The molecule has 0 N–H and O–H groups in total. The van der Waals surface area contributed by atoms with Crippen molar-refractivity contribution < 1.29 is 0 Å². The van der Waals surface area contributed by atoms with Gasteiger partial charge in [-0.05, 0) is 37.1 Å². The van der Waals surface area contributed by atoms with E-state index < -0.39 is 0 Å². The highest BCUT2D eigenvalue weighted by Gasteiger charge is 2.22. The maximum absolute atomic E-state index is 5.24. The summed E-state index contributed by atoms with van der Waals surface area (Å²) in [6.45, 7) is 4.39. The van der Waals surface area contributed by atoms with Crippen LogP contribution in [-0.4, -0.2) is 34.5 Å². The minimum Gasteiger partial charge on any atom is -0.292 e. The summed E-state index contributed by atoms with van der Waals surface area (Å²) in [5.41, 5.74) is 8.70. The highest BCUT2D eigenvalue weighted by Crippen LogP contribution is 2.43. The highest BCUT2D eigenvalue weighted by atomic mass is 32.1. The van der Waals surface area contributed by atoms with E-state index in [1.165, 1.54) is 42.1 Å². The number of fused-ring (bicyclic) bond motifs is 12. The lowest BCUT2D eigenvalue weighted by atomic mass is 10.0. The second kappa shape index (κ2) is 7.74. The van der Waals surface area contributed by atoms with Crippen LogP contribution in [0.1, 0.15) is 11.1 Å². The Bertz CT molecular complexity index is 2490. The molecular weight excluding hydrogens is 514 g/mol. The van der Waals surface area contributed by atoms with Crippen LogP contribution in [0.2, 0.25) is 0 Å². The van der Waals surface area contributed by atoms with Crippen molar-refractivity contribution in [3.63, 3.8) is 0 Å². The van der Waals surface area contributed by atoms with Gasteiger partial charge < -0.3 is 0 Å². The zero-order valence-corrected chi connectivity index (χ0v) is 22.4. The van der Waals surface area contributed by atoms with Crippen LogP contribution in [0.15, 0.2) is 79.5 Å². The Hall–Kier alpha value is -5.08. The average molecular weight is 534 g/mol. The van der Waals surface area contributed by atoms with E-state index in [2.05, 4.69) is 86.9 Å². The van der Waals surface area contributed by atoms with Crippen LogP contribution < -0.4 is 0 Å². The van der Waals surface area contributed by atoms with Crippen molar-refractivity contribution in [3.05, 3.63) is 90.6 Å². The lowest BCUT2D eigenvalue weighted by Crippen LogP contribution is -2.03. The number of thiophene rings is 1. The molecule has 40 heavy (non-hydrogen) atoms. The number of para-hydroxylation sites is 1. The van der Waals surface area contributed by atoms with Crippen LogP contribution in [0.3, 0.4) is 0 Å². The van der Waals surface area contributed by atoms with Crippen LogP contribution in [0.5, 0.6) is 0 Å². The molecular formula is C32H19N7S. The van der Waals surface area contributed by atoms with E-state index in [-0.39, 0.29) is 0 Å². The Morgan fingerprint density at radius 3 is 2.00 bits per heavy atom. The Morgan fingerprint density at radius 1 is 0.600 bits per heavy atom. The van der Waals surface area contributed by atoms with E-state index >= 15 is 0 Å². The smallest absolute Gasteiger partial charge is 0.157 e. The Morgan fingerprint density at radius 2 is 1.25 bits per heavy atom. The third-order valence-corrected chi connectivity index (χ3v) is 9.03. The Balaban J connectivity index is 1.48. The van der Waals surface area contributed by atoms with Crippen LogP contribution in [0.25, 0.3) is 80.9 Å². The number of hydrogen-bond acceptors (Lipinski definition) is 7. The van der Waals surface area contributed by atoms with Gasteiger partial charge in [0, 0.05) is 55.7 Å². The first-order chi connectivity index (χ1) is 19.7. The molecule has 0 radical (unpaired) electrons. The van der Waals surface area contributed by atoms with Gasteiger partial charge in [-0.2, -0.15) is 0 Å². The predicted octanol–water partition coefficient (Wildman–Crippen LogP) is 7.60. The molecule has 0 aliphatic heterocycles. The number of aryl methyl sites for hydroxylation is 2. The molecule has 9 rings (SSSR count). The summed E-state index contributed by atoms with van der Waals surface area (Å²) in [4.78, 5) is 28.6. The molecule has 4 aromatic carbocycles. The molecule has 5 aromatic heterocycles. The summed E-state index contributed by atoms with van der Waals surface area (Å²) in [7, 11) is 0. The normalized spacial score (nSPS) is 12.2. The van der Waals surface area contributed by atoms with Crippen molar-refractivity contribution in [2.24, 2.45) is 0 Å². The number of aromatic nitrogens is 7. The summed E-state index contributed by atoms with van der Waals surface area (Å²) in [6, 6.07) is 17.5. The quantitative estimate of drug-likeness (QED) is 0.202. The first-order valence-corrected chi connectivity index (χ1v) is 13.9. The standard InChI is InChI=1S/C32H19N7S/c1-16-6-5-8-18-20-14-22-24(19-7-3-4-9-21(19)40-22)17(2)32(20)39(31(16)18)23-15-37-29-27-25(33-10-11-35-27)26-28(30(29)38-23)36-13-12-34-26/h3-15H,1-2H3. The number of nitrogens with zero attached hydrogens (tertiary/aromatic N) is 7. The van der Waals surface area contributed by atoms with Gasteiger partial charge in [0.15, 0.2) is 5.82 Å². The monoisotopic (exact) mass is 533 g/mol. The summed E-state index contributed by atoms with van der Waals surface area (Å²) in [5.74, 6) is 0.735. The third kappa shape index (κ3) is 2.73. The van der Waals surface area contributed by atoms with E-state index in [1.54, 1.807) is 24.8 Å². The Kier molecular flexibility index (Phi) is 4.22. The average Bonchev–Trinajstić information content (AvgIpc) is 3.54. The minimum absolute atomic E-state index is 0.664. The summed E-state index contributed by atoms with van der Waals surface area (Å²) in [6.07, 6.45) is 8.55. The fraction of sp³-hybridized carbons (Fsp3) is 0.0625. The van der Waals surface area contributed by atoms with Crippen LogP contribution in [0, 0.1) is 13.8 Å². The molecule has 7 nitrogen and oxygen atoms in total. The van der Waals surface area contributed by atoms with E-state index in [0.717, 1.165) is 16.9 Å². The van der Waals surface area contributed by atoms with Gasteiger partial charge >= 0.3 is 0 Å². The highest BCUT2D eigenvalue weighted by molar-refractivity contribution is 7.26. The van der Waals surface area contributed by atoms with Crippen molar-refractivity contribution in [1.82, 2.24) is 34.5 Å². The molecule has 5 heterocycles. The molecule has 0 atom stereocenters. The number of benzene rings is 4. The molecule has 0 saturated carbocycles. The van der Waals surface area contributed by atoms with E-state index in [9.17, 15) is 0 Å². The van der Waals surface area contributed by atoms with Gasteiger partial charge in [-0.25, -0.2) is 9.97 Å². The number of hydrogen-bond donors (Lipinski definition) is 0.